The quantitative estimate of drug-likeness (QED) is 0.783. The van der Waals surface area contributed by atoms with Crippen molar-refractivity contribution in [2.24, 2.45) is 0 Å². The minimum atomic E-state index is -0.402. The highest BCUT2D eigenvalue weighted by molar-refractivity contribution is 6.30. The van der Waals surface area contributed by atoms with E-state index in [9.17, 15) is 9.65 Å². The SMILES string of the molecule is N#Cc1c(-c2cccc(F)c2)nn(-c2ccc(Cl)cc2)c1N. The van der Waals surface area contributed by atoms with Gasteiger partial charge in [0, 0.05) is 10.6 Å². The maximum absolute atomic E-state index is 13.4. The van der Waals surface area contributed by atoms with Gasteiger partial charge in [0.05, 0.1) is 5.69 Å². The summed E-state index contributed by atoms with van der Waals surface area (Å²) in [7, 11) is 0. The Morgan fingerprint density at radius 1 is 1.18 bits per heavy atom. The van der Waals surface area contributed by atoms with Crippen molar-refractivity contribution in [1.29, 1.82) is 5.26 Å². The second kappa shape index (κ2) is 5.51. The zero-order valence-corrected chi connectivity index (χ0v) is 12.0. The number of aromatic nitrogens is 2. The van der Waals surface area contributed by atoms with E-state index in [4.69, 9.17) is 17.3 Å². The van der Waals surface area contributed by atoms with E-state index in [-0.39, 0.29) is 11.4 Å². The van der Waals surface area contributed by atoms with Gasteiger partial charge in [0.15, 0.2) is 0 Å². The molecule has 2 N–H and O–H groups in total. The molecule has 0 aliphatic carbocycles. The third kappa shape index (κ3) is 2.41. The second-order valence-corrected chi connectivity index (χ2v) is 5.06. The summed E-state index contributed by atoms with van der Waals surface area (Å²) < 4.78 is 14.8. The molecule has 108 valence electrons. The molecule has 1 heterocycles. The minimum absolute atomic E-state index is 0.198. The summed E-state index contributed by atoms with van der Waals surface area (Å²) in [5.41, 5.74) is 7.73. The normalized spacial score (nSPS) is 10.4. The smallest absolute Gasteiger partial charge is 0.145 e. The van der Waals surface area contributed by atoms with Crippen LogP contribution >= 0.6 is 11.6 Å². The molecule has 0 unspecified atom stereocenters. The molecule has 3 rings (SSSR count). The van der Waals surface area contributed by atoms with Gasteiger partial charge in [-0.25, -0.2) is 9.07 Å². The second-order valence-electron chi connectivity index (χ2n) is 4.62. The molecule has 0 spiro atoms. The number of benzene rings is 2. The molecule has 0 fully saturated rings. The highest BCUT2D eigenvalue weighted by Crippen LogP contribution is 2.29. The monoisotopic (exact) mass is 312 g/mol. The predicted molar refractivity (Wildman–Crippen MR) is 83.1 cm³/mol. The Balaban J connectivity index is 2.19. The summed E-state index contributed by atoms with van der Waals surface area (Å²) >= 11 is 5.86. The summed E-state index contributed by atoms with van der Waals surface area (Å²) in [6.45, 7) is 0. The van der Waals surface area contributed by atoms with Gasteiger partial charge in [0.1, 0.15) is 29.0 Å². The zero-order chi connectivity index (χ0) is 15.7. The average Bonchev–Trinajstić information content (AvgIpc) is 2.85. The van der Waals surface area contributed by atoms with Crippen molar-refractivity contribution in [3.8, 4) is 23.0 Å². The van der Waals surface area contributed by atoms with E-state index in [0.717, 1.165) is 0 Å². The first-order valence-corrected chi connectivity index (χ1v) is 6.78. The van der Waals surface area contributed by atoms with Crippen LogP contribution in [0, 0.1) is 17.1 Å². The van der Waals surface area contributed by atoms with Gasteiger partial charge in [-0.2, -0.15) is 10.4 Å². The van der Waals surface area contributed by atoms with Crippen LogP contribution in [0.25, 0.3) is 16.9 Å². The topological polar surface area (TPSA) is 67.6 Å². The van der Waals surface area contributed by atoms with E-state index in [1.54, 1.807) is 36.4 Å². The molecule has 0 saturated heterocycles. The van der Waals surface area contributed by atoms with Crippen LogP contribution in [0.3, 0.4) is 0 Å². The van der Waals surface area contributed by atoms with Gasteiger partial charge in [-0.3, -0.25) is 0 Å². The van der Waals surface area contributed by atoms with Gasteiger partial charge in [-0.15, -0.1) is 0 Å². The molecule has 0 aliphatic rings. The van der Waals surface area contributed by atoms with Gasteiger partial charge in [-0.1, -0.05) is 23.7 Å². The summed E-state index contributed by atoms with van der Waals surface area (Å²) in [5, 5.41) is 14.3. The van der Waals surface area contributed by atoms with Crippen LogP contribution in [0.2, 0.25) is 5.02 Å². The molecule has 2 aromatic carbocycles. The molecule has 6 heteroatoms. The maximum Gasteiger partial charge on any atom is 0.145 e. The summed E-state index contributed by atoms with van der Waals surface area (Å²) in [4.78, 5) is 0. The third-order valence-electron chi connectivity index (χ3n) is 3.20. The minimum Gasteiger partial charge on any atom is -0.382 e. The molecule has 0 amide bonds. The first-order chi connectivity index (χ1) is 10.6. The maximum atomic E-state index is 13.4. The number of halogens is 2. The number of nitrogen functional groups attached to an aromatic ring is 1. The average molecular weight is 313 g/mol. The van der Waals surface area contributed by atoms with Gasteiger partial charge in [0.25, 0.3) is 0 Å². The van der Waals surface area contributed by atoms with Crippen LogP contribution in [0.5, 0.6) is 0 Å². The Hall–Kier alpha value is -2.84. The van der Waals surface area contributed by atoms with E-state index in [1.807, 2.05) is 6.07 Å². The van der Waals surface area contributed by atoms with Gasteiger partial charge < -0.3 is 5.73 Å². The molecule has 1 aromatic heterocycles. The van der Waals surface area contributed by atoms with Crippen LogP contribution in [-0.4, -0.2) is 9.78 Å². The number of nitriles is 1. The molecule has 0 bridgehead atoms. The molecule has 0 radical (unpaired) electrons. The number of hydrogen-bond donors (Lipinski definition) is 1. The van der Waals surface area contributed by atoms with Crippen LogP contribution in [0.4, 0.5) is 10.2 Å². The Kier molecular flexibility index (Phi) is 3.53. The molecule has 0 atom stereocenters. The van der Waals surface area contributed by atoms with Crippen molar-refractivity contribution in [2.45, 2.75) is 0 Å². The number of nitrogens with two attached hydrogens (primary N) is 1. The zero-order valence-electron chi connectivity index (χ0n) is 11.3. The predicted octanol–water partition coefficient (Wildman–Crippen LogP) is 3.79. The Labute approximate surface area is 131 Å². The fourth-order valence-corrected chi connectivity index (χ4v) is 2.28. The Morgan fingerprint density at radius 2 is 1.91 bits per heavy atom. The lowest BCUT2D eigenvalue weighted by atomic mass is 10.1. The van der Waals surface area contributed by atoms with Crippen molar-refractivity contribution >= 4 is 17.4 Å². The Morgan fingerprint density at radius 3 is 2.55 bits per heavy atom. The van der Waals surface area contributed by atoms with E-state index in [1.165, 1.54) is 16.8 Å². The first-order valence-electron chi connectivity index (χ1n) is 6.40. The number of hydrogen-bond acceptors (Lipinski definition) is 3. The van der Waals surface area contributed by atoms with E-state index < -0.39 is 5.82 Å². The molecule has 4 nitrogen and oxygen atoms in total. The molecule has 22 heavy (non-hydrogen) atoms. The van der Waals surface area contributed by atoms with Crippen molar-refractivity contribution in [2.75, 3.05) is 5.73 Å². The van der Waals surface area contributed by atoms with E-state index in [0.29, 0.717) is 22.0 Å². The van der Waals surface area contributed by atoms with E-state index in [2.05, 4.69) is 5.10 Å². The van der Waals surface area contributed by atoms with Crippen molar-refractivity contribution in [3.05, 3.63) is 64.9 Å². The van der Waals surface area contributed by atoms with E-state index >= 15 is 0 Å². The third-order valence-corrected chi connectivity index (χ3v) is 3.45. The molecule has 0 saturated carbocycles. The first kappa shape index (κ1) is 14.1. The molecule has 0 aliphatic heterocycles. The molecular weight excluding hydrogens is 303 g/mol. The van der Waals surface area contributed by atoms with Crippen LogP contribution in [-0.2, 0) is 0 Å². The standard InChI is InChI=1S/C16H10ClFN4/c17-11-4-6-13(7-5-11)22-16(20)14(9-19)15(21-22)10-2-1-3-12(18)8-10/h1-8H,20H2. The van der Waals surface area contributed by atoms with Crippen molar-refractivity contribution in [1.82, 2.24) is 9.78 Å². The van der Waals surface area contributed by atoms with Crippen molar-refractivity contribution < 1.29 is 4.39 Å². The van der Waals surface area contributed by atoms with Gasteiger partial charge >= 0.3 is 0 Å². The Bertz CT molecular complexity index is 878. The van der Waals surface area contributed by atoms with Gasteiger partial charge in [0.2, 0.25) is 0 Å². The number of rotatable bonds is 2. The van der Waals surface area contributed by atoms with Crippen molar-refractivity contribution in [3.63, 3.8) is 0 Å². The van der Waals surface area contributed by atoms with Crippen LogP contribution < -0.4 is 5.73 Å². The fraction of sp³-hybridized carbons (Fsp3) is 0. The lowest BCUT2D eigenvalue weighted by molar-refractivity contribution is 0.628. The fourth-order valence-electron chi connectivity index (χ4n) is 2.16. The molecule has 3 aromatic rings. The lowest BCUT2D eigenvalue weighted by Crippen LogP contribution is -2.02. The number of nitrogens with zero attached hydrogens (tertiary/aromatic N) is 3. The lowest BCUT2D eigenvalue weighted by Gasteiger charge is -2.03. The summed E-state index contributed by atoms with van der Waals surface area (Å²) in [6, 6.07) is 14.8. The largest absolute Gasteiger partial charge is 0.382 e. The highest BCUT2D eigenvalue weighted by atomic mass is 35.5. The summed E-state index contributed by atoms with van der Waals surface area (Å²) in [5.74, 6) is -0.204. The van der Waals surface area contributed by atoms with Crippen LogP contribution in [0.15, 0.2) is 48.5 Å². The summed E-state index contributed by atoms with van der Waals surface area (Å²) in [6.07, 6.45) is 0. The van der Waals surface area contributed by atoms with Crippen LogP contribution in [0.1, 0.15) is 5.56 Å². The molecular formula is C16H10ClFN4. The highest BCUT2D eigenvalue weighted by Gasteiger charge is 2.18. The number of anilines is 1. The van der Waals surface area contributed by atoms with Gasteiger partial charge in [-0.05, 0) is 36.4 Å².